The van der Waals surface area contributed by atoms with Crippen LogP contribution in [-0.2, 0) is 6.42 Å². The molecule has 1 aromatic rings. The normalized spacial score (nSPS) is 10.9. The van der Waals surface area contributed by atoms with Gasteiger partial charge in [0, 0.05) is 6.54 Å². The Kier molecular flexibility index (Phi) is 4.11. The van der Waals surface area contributed by atoms with Crippen molar-refractivity contribution in [3.63, 3.8) is 0 Å². The molecule has 1 N–H and O–H groups in total. The molecule has 78 valence electrons. The van der Waals surface area contributed by atoms with Gasteiger partial charge in [0.25, 0.3) is 0 Å². The molecule has 0 atom stereocenters. The van der Waals surface area contributed by atoms with E-state index in [1.807, 2.05) is 11.9 Å². The van der Waals surface area contributed by atoms with Crippen LogP contribution in [0.5, 0.6) is 0 Å². The van der Waals surface area contributed by atoms with Crippen LogP contribution in [0.3, 0.4) is 0 Å². The number of hydrogen-bond acceptors (Lipinski definition) is 2. The van der Waals surface area contributed by atoms with Crippen molar-refractivity contribution in [2.45, 2.75) is 20.3 Å². The van der Waals surface area contributed by atoms with Gasteiger partial charge in [-0.3, -0.25) is 4.90 Å². The van der Waals surface area contributed by atoms with Crippen molar-refractivity contribution in [3.05, 3.63) is 34.9 Å². The van der Waals surface area contributed by atoms with Gasteiger partial charge < -0.3 is 5.11 Å². The van der Waals surface area contributed by atoms with E-state index < -0.39 is 0 Å². The summed E-state index contributed by atoms with van der Waals surface area (Å²) in [5.41, 5.74) is 4.02. The maximum Gasteiger partial charge on any atom is 0.0954 e. The van der Waals surface area contributed by atoms with E-state index in [0.717, 1.165) is 13.0 Å². The van der Waals surface area contributed by atoms with Gasteiger partial charge in [-0.25, -0.2) is 0 Å². The van der Waals surface area contributed by atoms with Crippen molar-refractivity contribution in [1.29, 1.82) is 0 Å². The minimum atomic E-state index is 0.130. The van der Waals surface area contributed by atoms with E-state index in [0.29, 0.717) is 0 Å². The highest BCUT2D eigenvalue weighted by Gasteiger charge is 2.00. The number of hydrogen-bond donors (Lipinski definition) is 1. The van der Waals surface area contributed by atoms with Crippen molar-refractivity contribution in [3.8, 4) is 0 Å². The largest absolute Gasteiger partial charge is 0.381 e. The molecule has 0 heterocycles. The molecule has 14 heavy (non-hydrogen) atoms. The van der Waals surface area contributed by atoms with Crippen LogP contribution in [0.1, 0.15) is 16.7 Å². The summed E-state index contributed by atoms with van der Waals surface area (Å²) in [6.45, 7) is 5.28. The fourth-order valence-corrected chi connectivity index (χ4v) is 1.45. The summed E-state index contributed by atoms with van der Waals surface area (Å²) in [5, 5.41) is 8.86. The number of nitrogens with zero attached hydrogens (tertiary/aromatic N) is 1. The first-order valence-corrected chi connectivity index (χ1v) is 4.99. The predicted octanol–water partition coefficient (Wildman–Crippen LogP) is 1.73. The summed E-state index contributed by atoms with van der Waals surface area (Å²) in [7, 11) is 1.92. The number of rotatable bonds is 4. The zero-order valence-electron chi connectivity index (χ0n) is 9.25. The molecule has 0 aromatic heterocycles. The number of aliphatic hydroxyl groups is 1. The van der Waals surface area contributed by atoms with Crippen LogP contribution in [0.15, 0.2) is 18.2 Å². The molecule has 0 saturated carbocycles. The average molecular weight is 193 g/mol. The molecule has 0 radical (unpaired) electrons. The summed E-state index contributed by atoms with van der Waals surface area (Å²) >= 11 is 0. The van der Waals surface area contributed by atoms with E-state index in [9.17, 15) is 0 Å². The third-order valence-corrected chi connectivity index (χ3v) is 2.51. The van der Waals surface area contributed by atoms with Crippen LogP contribution in [0.25, 0.3) is 0 Å². The molecule has 0 amide bonds. The topological polar surface area (TPSA) is 23.5 Å². The SMILES string of the molecule is Cc1ccc(C)c(CCN(C)CO)c1. The maximum absolute atomic E-state index is 8.86. The van der Waals surface area contributed by atoms with Gasteiger partial charge in [-0.1, -0.05) is 23.8 Å². The molecule has 2 heteroatoms. The highest BCUT2D eigenvalue weighted by Crippen LogP contribution is 2.11. The van der Waals surface area contributed by atoms with E-state index >= 15 is 0 Å². The van der Waals surface area contributed by atoms with Crippen LogP contribution in [0.2, 0.25) is 0 Å². The Labute approximate surface area is 86.2 Å². The fraction of sp³-hybridized carbons (Fsp3) is 0.500. The molecule has 1 rings (SSSR count). The van der Waals surface area contributed by atoms with Gasteiger partial charge in [0.15, 0.2) is 0 Å². The smallest absolute Gasteiger partial charge is 0.0954 e. The zero-order valence-corrected chi connectivity index (χ0v) is 9.25. The molecule has 0 spiro atoms. The molecule has 0 aliphatic rings. The lowest BCUT2D eigenvalue weighted by atomic mass is 10.0. The second-order valence-corrected chi connectivity index (χ2v) is 3.90. The van der Waals surface area contributed by atoms with E-state index in [1.54, 1.807) is 0 Å². The van der Waals surface area contributed by atoms with Gasteiger partial charge in [0.1, 0.15) is 0 Å². The molecule has 0 saturated heterocycles. The van der Waals surface area contributed by atoms with E-state index in [2.05, 4.69) is 32.0 Å². The maximum atomic E-state index is 8.86. The third kappa shape index (κ3) is 3.13. The Morgan fingerprint density at radius 2 is 2.00 bits per heavy atom. The first-order valence-electron chi connectivity index (χ1n) is 4.99. The van der Waals surface area contributed by atoms with Gasteiger partial charge >= 0.3 is 0 Å². The fourth-order valence-electron chi connectivity index (χ4n) is 1.45. The molecule has 0 aliphatic heterocycles. The van der Waals surface area contributed by atoms with Crippen molar-refractivity contribution >= 4 is 0 Å². The summed E-state index contributed by atoms with van der Waals surface area (Å²) in [6, 6.07) is 6.51. The average Bonchev–Trinajstić information content (AvgIpc) is 2.19. The Morgan fingerprint density at radius 1 is 1.29 bits per heavy atom. The highest BCUT2D eigenvalue weighted by molar-refractivity contribution is 5.30. The summed E-state index contributed by atoms with van der Waals surface area (Å²) in [6.07, 6.45) is 1.00. The van der Waals surface area contributed by atoms with E-state index in [1.165, 1.54) is 16.7 Å². The molecule has 0 bridgehead atoms. The minimum Gasteiger partial charge on any atom is -0.381 e. The summed E-state index contributed by atoms with van der Waals surface area (Å²) < 4.78 is 0. The molecule has 1 aromatic carbocycles. The van der Waals surface area contributed by atoms with Crippen LogP contribution < -0.4 is 0 Å². The molecular weight excluding hydrogens is 174 g/mol. The van der Waals surface area contributed by atoms with Crippen LogP contribution in [0, 0.1) is 13.8 Å². The number of aliphatic hydroxyl groups excluding tert-OH is 1. The lowest BCUT2D eigenvalue weighted by Crippen LogP contribution is -2.22. The van der Waals surface area contributed by atoms with Gasteiger partial charge in [-0.2, -0.15) is 0 Å². The number of likely N-dealkylation sites (N-methyl/N-ethyl adjacent to an activating group) is 1. The second-order valence-electron chi connectivity index (χ2n) is 3.90. The number of benzene rings is 1. The molecule has 0 fully saturated rings. The Bertz CT molecular complexity index is 296. The molecule has 0 aliphatic carbocycles. The summed E-state index contributed by atoms with van der Waals surface area (Å²) in [5.74, 6) is 0. The van der Waals surface area contributed by atoms with Gasteiger partial charge in [-0.05, 0) is 38.4 Å². The van der Waals surface area contributed by atoms with Crippen molar-refractivity contribution in [2.24, 2.45) is 0 Å². The van der Waals surface area contributed by atoms with E-state index in [4.69, 9.17) is 5.11 Å². The van der Waals surface area contributed by atoms with Crippen molar-refractivity contribution < 1.29 is 5.11 Å². The molecule has 2 nitrogen and oxygen atoms in total. The molecular formula is C12H19NO. The van der Waals surface area contributed by atoms with Crippen LogP contribution in [-0.4, -0.2) is 30.3 Å². The van der Waals surface area contributed by atoms with Crippen LogP contribution >= 0.6 is 0 Å². The first kappa shape index (κ1) is 11.2. The predicted molar refractivity (Wildman–Crippen MR) is 59.3 cm³/mol. The van der Waals surface area contributed by atoms with Crippen LogP contribution in [0.4, 0.5) is 0 Å². The monoisotopic (exact) mass is 193 g/mol. The van der Waals surface area contributed by atoms with Crippen molar-refractivity contribution in [2.75, 3.05) is 20.3 Å². The van der Waals surface area contributed by atoms with Gasteiger partial charge in [-0.15, -0.1) is 0 Å². The first-order chi connectivity index (χ1) is 6.63. The summed E-state index contributed by atoms with van der Waals surface area (Å²) in [4.78, 5) is 1.90. The quantitative estimate of drug-likeness (QED) is 0.736. The number of aryl methyl sites for hydroxylation is 2. The lowest BCUT2D eigenvalue weighted by molar-refractivity contribution is 0.134. The minimum absolute atomic E-state index is 0.130. The highest BCUT2D eigenvalue weighted by atomic mass is 16.3. The van der Waals surface area contributed by atoms with Gasteiger partial charge in [0.2, 0.25) is 0 Å². The van der Waals surface area contributed by atoms with Gasteiger partial charge in [0.05, 0.1) is 6.73 Å². The van der Waals surface area contributed by atoms with E-state index in [-0.39, 0.29) is 6.73 Å². The lowest BCUT2D eigenvalue weighted by Gasteiger charge is -2.14. The zero-order chi connectivity index (χ0) is 10.6. The second kappa shape index (κ2) is 5.13. The standard InChI is InChI=1S/C12H19NO/c1-10-4-5-11(2)12(8-10)6-7-13(3)9-14/h4-5,8,14H,6-7,9H2,1-3H3. The Hall–Kier alpha value is -0.860. The van der Waals surface area contributed by atoms with Crippen molar-refractivity contribution in [1.82, 2.24) is 4.90 Å². The third-order valence-electron chi connectivity index (χ3n) is 2.51. The Morgan fingerprint density at radius 3 is 2.64 bits per heavy atom. The Balaban J connectivity index is 2.62. The molecule has 0 unspecified atom stereocenters.